The average Bonchev–Trinajstić information content (AvgIpc) is 2.41. The molecule has 0 bridgehead atoms. The maximum Gasteiger partial charge on any atom is 0.224 e. The number of unbranched alkanes of at least 4 members (excludes halogenated alkanes) is 2. The molecule has 20 heavy (non-hydrogen) atoms. The van der Waals surface area contributed by atoms with E-state index in [9.17, 15) is 4.79 Å². The Bertz CT molecular complexity index is 279. The summed E-state index contributed by atoms with van der Waals surface area (Å²) in [7, 11) is 0. The molecule has 0 atom stereocenters. The Labute approximate surface area is 124 Å². The largest absolute Gasteiger partial charge is 0.381 e. The van der Waals surface area contributed by atoms with Gasteiger partial charge in [-0.2, -0.15) is 0 Å². The maximum atomic E-state index is 12.1. The minimum Gasteiger partial charge on any atom is -0.381 e. The Morgan fingerprint density at radius 2 is 1.70 bits per heavy atom. The predicted octanol–water partition coefficient (Wildman–Crippen LogP) is 2.53. The van der Waals surface area contributed by atoms with E-state index >= 15 is 0 Å². The Kier molecular flexibility index (Phi) is 7.52. The fourth-order valence-corrected chi connectivity index (χ4v) is 2.50. The quantitative estimate of drug-likeness (QED) is 0.674. The van der Waals surface area contributed by atoms with Gasteiger partial charge in [-0.1, -0.05) is 19.8 Å². The summed E-state index contributed by atoms with van der Waals surface area (Å²) in [4.78, 5) is 16.5. The molecule has 1 rings (SSSR count). The molecule has 0 unspecified atom stereocenters. The first-order chi connectivity index (χ1) is 9.45. The van der Waals surface area contributed by atoms with Gasteiger partial charge in [0.1, 0.15) is 0 Å². The summed E-state index contributed by atoms with van der Waals surface area (Å²) in [6, 6.07) is 0. The van der Waals surface area contributed by atoms with Crippen molar-refractivity contribution in [1.82, 2.24) is 9.80 Å². The fraction of sp³-hybridized carbons (Fsp3) is 0.938. The highest BCUT2D eigenvalue weighted by atomic mass is 16.5. The molecule has 1 aliphatic heterocycles. The molecule has 0 aromatic rings. The lowest BCUT2D eigenvalue weighted by Gasteiger charge is -2.42. The topological polar surface area (TPSA) is 32.8 Å². The van der Waals surface area contributed by atoms with E-state index in [1.165, 1.54) is 12.8 Å². The molecule has 0 N–H and O–H groups in total. The second kappa shape index (κ2) is 8.63. The molecule has 1 fully saturated rings. The van der Waals surface area contributed by atoms with Crippen molar-refractivity contribution in [3.63, 3.8) is 0 Å². The van der Waals surface area contributed by atoms with Gasteiger partial charge in [-0.3, -0.25) is 9.69 Å². The van der Waals surface area contributed by atoms with E-state index < -0.39 is 0 Å². The standard InChI is InChI=1S/C16H32N2O2/c1-5-6-7-13-20-14-8-15(19)17-9-11-18(12-10-17)16(2,3)4/h5-14H2,1-4H3. The molecular formula is C16H32N2O2. The van der Waals surface area contributed by atoms with E-state index in [0.717, 1.165) is 39.2 Å². The maximum absolute atomic E-state index is 12.1. The number of hydrogen-bond donors (Lipinski definition) is 0. The number of ether oxygens (including phenoxy) is 1. The van der Waals surface area contributed by atoms with Crippen LogP contribution in [0, 0.1) is 0 Å². The van der Waals surface area contributed by atoms with Crippen molar-refractivity contribution in [1.29, 1.82) is 0 Å². The van der Waals surface area contributed by atoms with Gasteiger partial charge in [0.2, 0.25) is 5.91 Å². The summed E-state index contributed by atoms with van der Waals surface area (Å²) in [5.41, 5.74) is 0.206. The SMILES string of the molecule is CCCCCOCCC(=O)N1CCN(C(C)(C)C)CC1. The minimum atomic E-state index is 0.206. The number of nitrogens with zero attached hydrogens (tertiary/aromatic N) is 2. The summed E-state index contributed by atoms with van der Waals surface area (Å²) in [6.07, 6.45) is 4.06. The van der Waals surface area contributed by atoms with E-state index in [4.69, 9.17) is 4.74 Å². The van der Waals surface area contributed by atoms with E-state index in [1.807, 2.05) is 4.90 Å². The first-order valence-electron chi connectivity index (χ1n) is 8.05. The van der Waals surface area contributed by atoms with Crippen LogP contribution >= 0.6 is 0 Å². The average molecular weight is 284 g/mol. The molecule has 0 saturated carbocycles. The van der Waals surface area contributed by atoms with E-state index in [0.29, 0.717) is 13.0 Å². The lowest BCUT2D eigenvalue weighted by Crippen LogP contribution is -2.54. The molecule has 1 amide bonds. The third kappa shape index (κ3) is 6.23. The van der Waals surface area contributed by atoms with E-state index in [1.54, 1.807) is 0 Å². The molecule has 0 aliphatic carbocycles. The Morgan fingerprint density at radius 1 is 1.05 bits per heavy atom. The monoisotopic (exact) mass is 284 g/mol. The summed E-state index contributed by atoms with van der Waals surface area (Å²) < 4.78 is 5.51. The zero-order valence-electron chi connectivity index (χ0n) is 13.8. The van der Waals surface area contributed by atoms with Crippen molar-refractivity contribution in [3.8, 4) is 0 Å². The molecule has 4 nitrogen and oxygen atoms in total. The number of piperazine rings is 1. The number of carbonyl (C=O) groups is 1. The molecule has 118 valence electrons. The van der Waals surface area contributed by atoms with Crippen LogP contribution < -0.4 is 0 Å². The third-order valence-corrected chi connectivity index (χ3v) is 3.93. The van der Waals surface area contributed by atoms with Gasteiger partial charge in [0.15, 0.2) is 0 Å². The van der Waals surface area contributed by atoms with E-state index in [-0.39, 0.29) is 11.4 Å². The van der Waals surface area contributed by atoms with Gasteiger partial charge in [-0.15, -0.1) is 0 Å². The number of hydrogen-bond acceptors (Lipinski definition) is 3. The fourth-order valence-electron chi connectivity index (χ4n) is 2.50. The molecule has 0 aromatic heterocycles. The molecule has 1 heterocycles. The van der Waals surface area contributed by atoms with Crippen molar-refractivity contribution >= 4 is 5.91 Å². The zero-order valence-corrected chi connectivity index (χ0v) is 13.8. The first-order valence-corrected chi connectivity index (χ1v) is 8.05. The number of rotatable bonds is 7. The third-order valence-electron chi connectivity index (χ3n) is 3.93. The van der Waals surface area contributed by atoms with Crippen LogP contribution in [0.1, 0.15) is 53.4 Å². The normalized spacial score (nSPS) is 17.5. The van der Waals surface area contributed by atoms with Crippen LogP contribution in [0.4, 0.5) is 0 Å². The zero-order chi connectivity index (χ0) is 15.0. The van der Waals surface area contributed by atoms with Gasteiger partial charge < -0.3 is 9.64 Å². The van der Waals surface area contributed by atoms with Crippen molar-refractivity contribution in [3.05, 3.63) is 0 Å². The second-order valence-electron chi connectivity index (χ2n) is 6.61. The van der Waals surface area contributed by atoms with Crippen molar-refractivity contribution in [2.75, 3.05) is 39.4 Å². The van der Waals surface area contributed by atoms with Gasteiger partial charge in [-0.05, 0) is 27.2 Å². The van der Waals surface area contributed by atoms with Crippen LogP contribution in [-0.4, -0.2) is 60.6 Å². The van der Waals surface area contributed by atoms with Gasteiger partial charge in [0.05, 0.1) is 13.0 Å². The Balaban J connectivity index is 2.13. The van der Waals surface area contributed by atoms with Crippen molar-refractivity contribution in [2.45, 2.75) is 58.9 Å². The van der Waals surface area contributed by atoms with Crippen LogP contribution in [0.15, 0.2) is 0 Å². The van der Waals surface area contributed by atoms with Crippen LogP contribution in [0.3, 0.4) is 0 Å². The number of amides is 1. The van der Waals surface area contributed by atoms with Gasteiger partial charge in [0.25, 0.3) is 0 Å². The lowest BCUT2D eigenvalue weighted by molar-refractivity contribution is -0.134. The first kappa shape index (κ1) is 17.4. The second-order valence-corrected chi connectivity index (χ2v) is 6.61. The molecule has 1 saturated heterocycles. The lowest BCUT2D eigenvalue weighted by atomic mass is 10.0. The van der Waals surface area contributed by atoms with Crippen LogP contribution in [-0.2, 0) is 9.53 Å². The van der Waals surface area contributed by atoms with Crippen molar-refractivity contribution < 1.29 is 9.53 Å². The van der Waals surface area contributed by atoms with Crippen LogP contribution in [0.5, 0.6) is 0 Å². The highest BCUT2D eigenvalue weighted by Crippen LogP contribution is 2.16. The smallest absolute Gasteiger partial charge is 0.224 e. The molecule has 0 spiro atoms. The van der Waals surface area contributed by atoms with Gasteiger partial charge in [0, 0.05) is 38.3 Å². The molecule has 1 aliphatic rings. The predicted molar refractivity (Wildman–Crippen MR) is 82.9 cm³/mol. The summed E-state index contributed by atoms with van der Waals surface area (Å²) in [5.74, 6) is 0.244. The molecule has 0 aromatic carbocycles. The molecular weight excluding hydrogens is 252 g/mol. The summed E-state index contributed by atoms with van der Waals surface area (Å²) in [6.45, 7) is 13.9. The van der Waals surface area contributed by atoms with Gasteiger partial charge >= 0.3 is 0 Å². The Hall–Kier alpha value is -0.610. The summed E-state index contributed by atoms with van der Waals surface area (Å²) >= 11 is 0. The minimum absolute atomic E-state index is 0.206. The molecule has 4 heteroatoms. The van der Waals surface area contributed by atoms with Crippen LogP contribution in [0.2, 0.25) is 0 Å². The van der Waals surface area contributed by atoms with Crippen molar-refractivity contribution in [2.24, 2.45) is 0 Å². The van der Waals surface area contributed by atoms with Gasteiger partial charge in [-0.25, -0.2) is 0 Å². The number of carbonyl (C=O) groups excluding carboxylic acids is 1. The van der Waals surface area contributed by atoms with Crippen LogP contribution in [0.25, 0.3) is 0 Å². The highest BCUT2D eigenvalue weighted by Gasteiger charge is 2.27. The summed E-state index contributed by atoms with van der Waals surface area (Å²) in [5, 5.41) is 0. The highest BCUT2D eigenvalue weighted by molar-refractivity contribution is 5.76. The van der Waals surface area contributed by atoms with E-state index in [2.05, 4.69) is 32.6 Å². The molecule has 0 radical (unpaired) electrons. The Morgan fingerprint density at radius 3 is 2.25 bits per heavy atom.